The number of nitrogens with two attached hydrogens (primary N) is 3. The summed E-state index contributed by atoms with van der Waals surface area (Å²) in [5.41, 5.74) is 17.1. The summed E-state index contributed by atoms with van der Waals surface area (Å²) < 4.78 is 0. The number of amides is 5. The number of carboxylic acids is 1. The van der Waals surface area contributed by atoms with E-state index in [1.807, 2.05) is 6.07 Å². The van der Waals surface area contributed by atoms with Crippen molar-refractivity contribution in [2.24, 2.45) is 23.1 Å². The summed E-state index contributed by atoms with van der Waals surface area (Å²) in [7, 11) is 0. The Labute approximate surface area is 214 Å². The molecule has 5 unspecified atom stereocenters. The fourth-order valence-corrected chi connectivity index (χ4v) is 3.41. The number of carbonyl (C=O) groups is 6. The van der Waals surface area contributed by atoms with E-state index < -0.39 is 72.0 Å². The summed E-state index contributed by atoms with van der Waals surface area (Å²) in [6.45, 7) is 3.41. The minimum Gasteiger partial charge on any atom is -0.480 e. The molecule has 0 heterocycles. The zero-order chi connectivity index (χ0) is 28.1. The molecule has 0 aliphatic carbocycles. The van der Waals surface area contributed by atoms with Crippen LogP contribution in [0.4, 0.5) is 0 Å². The molecule has 5 atom stereocenters. The van der Waals surface area contributed by atoms with Crippen molar-refractivity contribution >= 4 is 35.5 Å². The lowest BCUT2D eigenvalue weighted by Crippen LogP contribution is -2.59. The van der Waals surface area contributed by atoms with Gasteiger partial charge in [0, 0.05) is 6.42 Å². The van der Waals surface area contributed by atoms with Crippen LogP contribution < -0.4 is 33.2 Å². The van der Waals surface area contributed by atoms with Gasteiger partial charge in [-0.05, 0) is 24.3 Å². The van der Waals surface area contributed by atoms with Gasteiger partial charge < -0.3 is 38.3 Å². The highest BCUT2D eigenvalue weighted by Crippen LogP contribution is 2.11. The molecule has 10 N–H and O–H groups in total. The van der Waals surface area contributed by atoms with Crippen molar-refractivity contribution in [2.75, 3.05) is 0 Å². The Kier molecular flexibility index (Phi) is 12.7. The molecule has 0 bridgehead atoms. The van der Waals surface area contributed by atoms with Crippen LogP contribution in [0.15, 0.2) is 30.3 Å². The van der Waals surface area contributed by atoms with E-state index in [1.165, 1.54) is 0 Å². The van der Waals surface area contributed by atoms with Crippen LogP contribution in [0.2, 0.25) is 0 Å². The lowest BCUT2D eigenvalue weighted by molar-refractivity contribution is -0.143. The maximum absolute atomic E-state index is 13.0. The van der Waals surface area contributed by atoms with E-state index in [2.05, 4.69) is 16.0 Å². The Hall–Kier alpha value is -4.00. The maximum Gasteiger partial charge on any atom is 0.326 e. The molecule has 1 aromatic carbocycles. The Morgan fingerprint density at radius 1 is 0.865 bits per heavy atom. The van der Waals surface area contributed by atoms with Crippen LogP contribution in [0.25, 0.3) is 0 Å². The number of hydrogen-bond donors (Lipinski definition) is 7. The summed E-state index contributed by atoms with van der Waals surface area (Å²) in [6.07, 6.45) is -0.463. The highest BCUT2D eigenvalue weighted by molar-refractivity contribution is 5.96. The monoisotopic (exact) mass is 520 g/mol. The van der Waals surface area contributed by atoms with Crippen LogP contribution in [-0.2, 0) is 35.2 Å². The van der Waals surface area contributed by atoms with Crippen molar-refractivity contribution < 1.29 is 33.9 Å². The number of benzene rings is 1. The Bertz CT molecular complexity index is 972. The first kappa shape index (κ1) is 31.0. The number of primary amides is 2. The third-order valence-corrected chi connectivity index (χ3v) is 5.76. The molecule has 0 saturated carbocycles. The quantitative estimate of drug-likeness (QED) is 0.132. The van der Waals surface area contributed by atoms with Crippen LogP contribution in [0, 0.1) is 5.92 Å². The van der Waals surface area contributed by atoms with Gasteiger partial charge in [-0.2, -0.15) is 0 Å². The van der Waals surface area contributed by atoms with Gasteiger partial charge in [-0.1, -0.05) is 50.6 Å². The molecule has 1 aromatic rings. The molecule has 0 aliphatic rings. The molecule has 0 saturated heterocycles. The average molecular weight is 521 g/mol. The maximum atomic E-state index is 13.0. The normalized spacial score (nSPS) is 14.8. The fraction of sp³-hybridized carbons (Fsp3) is 0.500. The van der Waals surface area contributed by atoms with E-state index in [4.69, 9.17) is 17.2 Å². The van der Waals surface area contributed by atoms with Crippen LogP contribution in [0.1, 0.15) is 45.1 Å². The second-order valence-corrected chi connectivity index (χ2v) is 8.80. The van der Waals surface area contributed by atoms with Gasteiger partial charge in [-0.15, -0.1) is 0 Å². The van der Waals surface area contributed by atoms with Crippen LogP contribution in [-0.4, -0.2) is 64.8 Å². The molecule has 0 aliphatic heterocycles. The van der Waals surface area contributed by atoms with Crippen molar-refractivity contribution in [3.63, 3.8) is 0 Å². The topological polar surface area (TPSA) is 237 Å². The molecule has 5 amide bonds. The van der Waals surface area contributed by atoms with Crippen LogP contribution in [0.3, 0.4) is 0 Å². The average Bonchev–Trinajstić information content (AvgIpc) is 2.83. The minimum absolute atomic E-state index is 0.178. The van der Waals surface area contributed by atoms with E-state index >= 15 is 0 Å². The van der Waals surface area contributed by atoms with Crippen molar-refractivity contribution in [1.82, 2.24) is 16.0 Å². The summed E-state index contributed by atoms with van der Waals surface area (Å²) in [4.78, 5) is 72.7. The van der Waals surface area contributed by atoms with Gasteiger partial charge in [-0.3, -0.25) is 24.0 Å². The van der Waals surface area contributed by atoms with Crippen molar-refractivity contribution in [3.05, 3.63) is 35.9 Å². The van der Waals surface area contributed by atoms with E-state index in [-0.39, 0.29) is 19.3 Å². The second kappa shape index (κ2) is 15.2. The van der Waals surface area contributed by atoms with Gasteiger partial charge in [0.25, 0.3) is 0 Å². The zero-order valence-corrected chi connectivity index (χ0v) is 20.9. The molecule has 0 fully saturated rings. The van der Waals surface area contributed by atoms with E-state index in [0.717, 1.165) is 5.56 Å². The number of rotatable bonds is 16. The molecule has 0 radical (unpaired) electrons. The smallest absolute Gasteiger partial charge is 0.326 e. The summed E-state index contributed by atoms with van der Waals surface area (Å²) >= 11 is 0. The lowest BCUT2D eigenvalue weighted by atomic mass is 9.97. The van der Waals surface area contributed by atoms with Gasteiger partial charge >= 0.3 is 5.97 Å². The SMILES string of the molecule is CCC(C)C(NC(=O)C(CC(N)=O)NC(=O)C(N)Cc1ccccc1)C(=O)NC(CCC(N)=O)C(=O)O. The van der Waals surface area contributed by atoms with Crippen molar-refractivity contribution in [3.8, 4) is 0 Å². The largest absolute Gasteiger partial charge is 0.480 e. The first-order valence-corrected chi connectivity index (χ1v) is 11.9. The molecule has 37 heavy (non-hydrogen) atoms. The molecule has 13 nitrogen and oxygen atoms in total. The molecule has 1 rings (SSSR count). The molecule has 0 aromatic heterocycles. The molecule has 204 valence electrons. The number of aliphatic carboxylic acids is 1. The first-order valence-electron chi connectivity index (χ1n) is 11.9. The standard InChI is InChI=1S/C24H36N6O7/c1-3-13(2)20(23(35)28-16(24(36)37)9-10-18(26)31)30-22(34)17(12-19(27)32)29-21(33)15(25)11-14-7-5-4-6-8-14/h4-8,13,15-17,20H,3,9-12,25H2,1-2H3,(H2,26,31)(H2,27,32)(H,28,35)(H,29,33)(H,30,34)(H,36,37). The van der Waals surface area contributed by atoms with Gasteiger partial charge in [-0.25, -0.2) is 4.79 Å². The van der Waals surface area contributed by atoms with Crippen molar-refractivity contribution in [1.29, 1.82) is 0 Å². The number of hydrogen-bond acceptors (Lipinski definition) is 7. The lowest BCUT2D eigenvalue weighted by Gasteiger charge is -2.27. The van der Waals surface area contributed by atoms with Crippen molar-refractivity contribution in [2.45, 2.75) is 70.1 Å². The summed E-state index contributed by atoms with van der Waals surface area (Å²) in [6, 6.07) is 3.87. The number of nitrogens with one attached hydrogen (secondary N) is 3. The van der Waals surface area contributed by atoms with E-state index in [9.17, 15) is 33.9 Å². The zero-order valence-electron chi connectivity index (χ0n) is 20.9. The third-order valence-electron chi connectivity index (χ3n) is 5.76. The Morgan fingerprint density at radius 3 is 1.97 bits per heavy atom. The number of carbonyl (C=O) groups excluding carboxylic acids is 5. The fourth-order valence-electron chi connectivity index (χ4n) is 3.41. The molecule has 0 spiro atoms. The molecular weight excluding hydrogens is 484 g/mol. The number of carboxylic acid groups (broad SMARTS) is 1. The van der Waals surface area contributed by atoms with Gasteiger partial charge in [0.15, 0.2) is 0 Å². The highest BCUT2D eigenvalue weighted by Gasteiger charge is 2.33. The second-order valence-electron chi connectivity index (χ2n) is 8.80. The first-order chi connectivity index (χ1) is 17.3. The van der Waals surface area contributed by atoms with Crippen LogP contribution >= 0.6 is 0 Å². The summed E-state index contributed by atoms with van der Waals surface area (Å²) in [5.74, 6) is -5.84. The van der Waals surface area contributed by atoms with E-state index in [1.54, 1.807) is 38.1 Å². The van der Waals surface area contributed by atoms with Gasteiger partial charge in [0.2, 0.25) is 29.5 Å². The highest BCUT2D eigenvalue weighted by atomic mass is 16.4. The Morgan fingerprint density at radius 2 is 1.46 bits per heavy atom. The van der Waals surface area contributed by atoms with Crippen LogP contribution in [0.5, 0.6) is 0 Å². The predicted molar refractivity (Wildman–Crippen MR) is 133 cm³/mol. The molecular formula is C24H36N6O7. The van der Waals surface area contributed by atoms with Gasteiger partial charge in [0.05, 0.1) is 12.5 Å². The summed E-state index contributed by atoms with van der Waals surface area (Å²) in [5, 5.41) is 16.6. The third kappa shape index (κ3) is 11.1. The van der Waals surface area contributed by atoms with E-state index in [0.29, 0.717) is 6.42 Å². The van der Waals surface area contributed by atoms with Gasteiger partial charge in [0.1, 0.15) is 18.1 Å². The molecule has 13 heteroatoms. The Balaban J connectivity index is 2.99. The predicted octanol–water partition coefficient (Wildman–Crippen LogP) is -1.72. The minimum atomic E-state index is -1.42.